The summed E-state index contributed by atoms with van der Waals surface area (Å²) < 4.78 is 0. The van der Waals surface area contributed by atoms with Crippen LogP contribution in [0.4, 0.5) is 0 Å². The van der Waals surface area contributed by atoms with Gasteiger partial charge in [0.25, 0.3) is 5.91 Å². The molecular weight excluding hydrogens is 510 g/mol. The molecule has 6 nitrogen and oxygen atoms in total. The summed E-state index contributed by atoms with van der Waals surface area (Å²) >= 11 is 0. The van der Waals surface area contributed by atoms with Gasteiger partial charge in [0.05, 0.1) is 6.10 Å². The number of hydrogen-bond donors (Lipinski definition) is 1. The number of aliphatic hydroxyl groups is 1. The number of nitrogens with zero attached hydrogens (tertiary/aromatic N) is 3. The van der Waals surface area contributed by atoms with E-state index in [2.05, 4.69) is 38.8 Å². The lowest BCUT2D eigenvalue weighted by atomic mass is 9.47. The lowest BCUT2D eigenvalue weighted by Gasteiger charge is -2.58. The molecule has 6 heteroatoms. The van der Waals surface area contributed by atoms with E-state index in [9.17, 15) is 14.7 Å². The molecule has 1 N–H and O–H groups in total. The number of aromatic nitrogens is 1. The highest BCUT2D eigenvalue weighted by atomic mass is 16.3. The minimum atomic E-state index is -0.138. The molecule has 1 saturated heterocycles. The van der Waals surface area contributed by atoms with Gasteiger partial charge in [0, 0.05) is 50.1 Å². The van der Waals surface area contributed by atoms with Crippen molar-refractivity contribution in [2.75, 3.05) is 19.6 Å². The highest BCUT2D eigenvalue weighted by Crippen LogP contribution is 2.67. The van der Waals surface area contributed by atoms with Gasteiger partial charge in [0.1, 0.15) is 0 Å². The summed E-state index contributed by atoms with van der Waals surface area (Å²) in [6, 6.07) is 3.53. The Bertz CT molecular complexity index is 1170. The van der Waals surface area contributed by atoms with Crippen LogP contribution in [0.3, 0.4) is 0 Å². The summed E-state index contributed by atoms with van der Waals surface area (Å²) in [5, 5.41) is 10.3. The summed E-state index contributed by atoms with van der Waals surface area (Å²) in [4.78, 5) is 34.2. The first-order chi connectivity index (χ1) is 19.6. The van der Waals surface area contributed by atoms with Crippen LogP contribution < -0.4 is 0 Å². The highest BCUT2D eigenvalue weighted by molar-refractivity contribution is 5.94. The minimum Gasteiger partial charge on any atom is -0.393 e. The first-order valence-corrected chi connectivity index (χ1v) is 16.5. The van der Waals surface area contributed by atoms with E-state index >= 15 is 0 Å². The molecule has 5 aliphatic rings. The minimum absolute atomic E-state index is 0.00909. The Balaban J connectivity index is 1.04. The Hall–Kier alpha value is -2.21. The Morgan fingerprint density at radius 1 is 1.07 bits per heavy atom. The van der Waals surface area contributed by atoms with E-state index in [-0.39, 0.29) is 24.0 Å². The molecular formula is C35H51N3O3. The Labute approximate surface area is 247 Å². The summed E-state index contributed by atoms with van der Waals surface area (Å²) in [5.74, 6) is 3.87. The van der Waals surface area contributed by atoms with Gasteiger partial charge in [0.2, 0.25) is 5.91 Å². The van der Waals surface area contributed by atoms with Crippen LogP contribution in [-0.2, 0) is 4.79 Å². The summed E-state index contributed by atoms with van der Waals surface area (Å²) in [7, 11) is 0. The number of rotatable bonds is 5. The van der Waals surface area contributed by atoms with Crippen LogP contribution in [-0.4, -0.2) is 63.5 Å². The molecule has 224 valence electrons. The predicted molar refractivity (Wildman–Crippen MR) is 161 cm³/mol. The summed E-state index contributed by atoms with van der Waals surface area (Å²) in [6.45, 7) is 11.4. The molecule has 4 aliphatic carbocycles. The average molecular weight is 562 g/mol. The van der Waals surface area contributed by atoms with Gasteiger partial charge in [0.15, 0.2) is 0 Å². The molecule has 1 aliphatic heterocycles. The molecule has 1 aromatic rings. The topological polar surface area (TPSA) is 73.7 Å². The van der Waals surface area contributed by atoms with Crippen LogP contribution in [0, 0.1) is 40.4 Å². The third kappa shape index (κ3) is 5.06. The van der Waals surface area contributed by atoms with Gasteiger partial charge in [-0.2, -0.15) is 0 Å². The maximum atomic E-state index is 13.3. The normalized spacial score (nSPS) is 39.3. The van der Waals surface area contributed by atoms with Gasteiger partial charge in [-0.25, -0.2) is 0 Å². The third-order valence-electron chi connectivity index (χ3n) is 12.8. The second kappa shape index (κ2) is 11.1. The van der Waals surface area contributed by atoms with Gasteiger partial charge >= 0.3 is 0 Å². The van der Waals surface area contributed by atoms with Gasteiger partial charge in [-0.3, -0.25) is 14.6 Å². The zero-order chi connectivity index (χ0) is 28.9. The van der Waals surface area contributed by atoms with Crippen LogP contribution in [0.25, 0.3) is 0 Å². The van der Waals surface area contributed by atoms with E-state index in [0.29, 0.717) is 54.3 Å². The maximum absolute atomic E-state index is 13.3. The van der Waals surface area contributed by atoms with E-state index in [1.54, 1.807) is 30.1 Å². The number of pyridine rings is 1. The van der Waals surface area contributed by atoms with Crippen LogP contribution in [0.1, 0.15) is 102 Å². The van der Waals surface area contributed by atoms with Crippen molar-refractivity contribution in [2.45, 2.75) is 104 Å². The fourth-order valence-electron chi connectivity index (χ4n) is 10.5. The van der Waals surface area contributed by atoms with E-state index in [4.69, 9.17) is 0 Å². The van der Waals surface area contributed by atoms with Gasteiger partial charge in [-0.15, -0.1) is 0 Å². The smallest absolute Gasteiger partial charge is 0.254 e. The summed E-state index contributed by atoms with van der Waals surface area (Å²) in [5.41, 5.74) is 2.89. The molecule has 2 heterocycles. The third-order valence-corrected chi connectivity index (χ3v) is 12.8. The average Bonchev–Trinajstić information content (AvgIpc) is 3.33. The van der Waals surface area contributed by atoms with Crippen molar-refractivity contribution in [2.24, 2.45) is 40.4 Å². The highest BCUT2D eigenvalue weighted by Gasteiger charge is 2.59. The standard InChI is InChI=1S/C35H51N3O3/c1-23(5-10-32(40)37-19-20-38(24(2)22-37)33(41)25-13-17-36-18-14-25)29-8-9-30-28-7-6-26-21-27(39)11-15-34(26,3)31(28)12-16-35(29,30)4/h6,13-14,17-18,23-24,27-31,39H,5,7-12,15-16,19-22H2,1-4H3/t23-,24+,27+,28+,29-,30+,31+,34+,35-/m1/s1. The lowest BCUT2D eigenvalue weighted by Crippen LogP contribution is -2.55. The fraction of sp³-hybridized carbons (Fsp3) is 0.743. The molecule has 1 aromatic heterocycles. The molecule has 41 heavy (non-hydrogen) atoms. The quantitative estimate of drug-likeness (QED) is 0.440. The maximum Gasteiger partial charge on any atom is 0.254 e. The molecule has 6 rings (SSSR count). The first kappa shape index (κ1) is 28.9. The van der Waals surface area contributed by atoms with Gasteiger partial charge in [-0.05, 0) is 117 Å². The number of allylic oxidation sites excluding steroid dienone is 1. The molecule has 9 atom stereocenters. The summed E-state index contributed by atoms with van der Waals surface area (Å²) in [6.07, 6.45) is 16.8. The molecule has 0 aromatic carbocycles. The SMILES string of the molecule is C[C@H](CCC(=O)N1CCN(C(=O)c2ccncc2)[C@@H](C)C1)[C@H]1CC[C@H]2[C@@H]3CC=C4C[C@@H](O)CC[C@]4(C)[C@H]3CC[C@]12C. The zero-order valence-electron chi connectivity index (χ0n) is 25.7. The number of hydrogen-bond acceptors (Lipinski definition) is 4. The van der Waals surface area contributed by atoms with Crippen LogP contribution in [0.2, 0.25) is 0 Å². The van der Waals surface area contributed by atoms with Gasteiger partial charge < -0.3 is 14.9 Å². The van der Waals surface area contributed by atoms with E-state index in [1.165, 1.54) is 32.1 Å². The van der Waals surface area contributed by atoms with Crippen molar-refractivity contribution in [3.8, 4) is 0 Å². The van der Waals surface area contributed by atoms with Crippen molar-refractivity contribution < 1.29 is 14.7 Å². The first-order valence-electron chi connectivity index (χ1n) is 16.5. The Morgan fingerprint density at radius 3 is 2.61 bits per heavy atom. The predicted octanol–water partition coefficient (Wildman–Crippen LogP) is 6.11. The number of amides is 2. The van der Waals surface area contributed by atoms with Crippen LogP contribution in [0.15, 0.2) is 36.2 Å². The van der Waals surface area contributed by atoms with Crippen molar-refractivity contribution >= 4 is 11.8 Å². The van der Waals surface area contributed by atoms with Crippen molar-refractivity contribution in [1.82, 2.24) is 14.8 Å². The molecule has 0 bridgehead atoms. The zero-order valence-corrected chi connectivity index (χ0v) is 25.7. The van der Waals surface area contributed by atoms with Crippen LogP contribution >= 0.6 is 0 Å². The fourth-order valence-corrected chi connectivity index (χ4v) is 10.5. The number of fused-ring (bicyclic) bond motifs is 5. The van der Waals surface area contributed by atoms with Crippen molar-refractivity contribution in [3.05, 3.63) is 41.7 Å². The Morgan fingerprint density at radius 2 is 1.85 bits per heavy atom. The molecule has 0 radical (unpaired) electrons. The lowest BCUT2D eigenvalue weighted by molar-refractivity contribution is -0.134. The van der Waals surface area contributed by atoms with E-state index in [1.807, 2.05) is 9.80 Å². The Kier molecular flexibility index (Phi) is 7.84. The number of aliphatic hydroxyl groups excluding tert-OH is 1. The second-order valence-electron chi connectivity index (χ2n) is 14.8. The molecule has 0 unspecified atom stereocenters. The number of carbonyl (C=O) groups excluding carboxylic acids is 2. The van der Waals surface area contributed by atoms with Crippen molar-refractivity contribution in [3.63, 3.8) is 0 Å². The molecule has 2 amide bonds. The monoisotopic (exact) mass is 561 g/mol. The van der Waals surface area contributed by atoms with E-state index in [0.717, 1.165) is 43.4 Å². The largest absolute Gasteiger partial charge is 0.393 e. The molecule has 4 fully saturated rings. The van der Waals surface area contributed by atoms with Crippen LogP contribution in [0.5, 0.6) is 0 Å². The molecule has 3 saturated carbocycles. The number of carbonyl (C=O) groups is 2. The second-order valence-corrected chi connectivity index (χ2v) is 14.8. The van der Waals surface area contributed by atoms with Crippen molar-refractivity contribution in [1.29, 1.82) is 0 Å². The molecule has 0 spiro atoms. The number of piperazine rings is 1. The van der Waals surface area contributed by atoms with Gasteiger partial charge in [-0.1, -0.05) is 32.4 Å². The van der Waals surface area contributed by atoms with E-state index < -0.39 is 0 Å².